The summed E-state index contributed by atoms with van der Waals surface area (Å²) >= 11 is 0. The number of aliphatic hydroxyl groups is 1. The molecule has 0 heterocycles. The molecular formula is C14H27NO. The molecule has 2 bridgehead atoms. The zero-order chi connectivity index (χ0) is 12.0. The van der Waals surface area contributed by atoms with Gasteiger partial charge in [0.1, 0.15) is 0 Å². The molecule has 94 valence electrons. The van der Waals surface area contributed by atoms with Crippen LogP contribution in [0.2, 0.25) is 0 Å². The number of hydrogen-bond acceptors (Lipinski definition) is 2. The summed E-state index contributed by atoms with van der Waals surface area (Å²) in [5.41, 5.74) is 0.949. The third-order valence-electron chi connectivity index (χ3n) is 5.84. The van der Waals surface area contributed by atoms with Gasteiger partial charge in [0.15, 0.2) is 0 Å². The smallest absolute Gasteiger partial charge is 0.0445 e. The Kier molecular flexibility index (Phi) is 3.09. The van der Waals surface area contributed by atoms with Crippen LogP contribution in [0.4, 0.5) is 0 Å². The maximum Gasteiger partial charge on any atom is 0.0445 e. The van der Waals surface area contributed by atoms with Crippen LogP contribution in [-0.2, 0) is 0 Å². The fraction of sp³-hybridized carbons (Fsp3) is 1.00. The molecule has 2 fully saturated rings. The van der Waals surface area contributed by atoms with Gasteiger partial charge in [0.25, 0.3) is 0 Å². The number of fused-ring (bicyclic) bond motifs is 2. The van der Waals surface area contributed by atoms with Crippen LogP contribution in [0.5, 0.6) is 0 Å². The summed E-state index contributed by atoms with van der Waals surface area (Å²) in [4.78, 5) is 0. The van der Waals surface area contributed by atoms with Crippen LogP contribution in [0.15, 0.2) is 0 Å². The topological polar surface area (TPSA) is 32.3 Å². The van der Waals surface area contributed by atoms with Crippen molar-refractivity contribution in [2.75, 3.05) is 6.61 Å². The third kappa shape index (κ3) is 1.62. The van der Waals surface area contributed by atoms with Crippen molar-refractivity contribution in [2.24, 2.45) is 16.7 Å². The lowest BCUT2D eigenvalue weighted by molar-refractivity contribution is 0.113. The molecule has 2 saturated carbocycles. The summed E-state index contributed by atoms with van der Waals surface area (Å²) < 4.78 is 0. The lowest BCUT2D eigenvalue weighted by Crippen LogP contribution is -2.47. The average Bonchev–Trinajstić information content (AvgIpc) is 2.51. The molecule has 0 aromatic rings. The summed E-state index contributed by atoms with van der Waals surface area (Å²) in [6.45, 7) is 9.85. The predicted octanol–water partition coefficient (Wildman–Crippen LogP) is 2.56. The summed E-state index contributed by atoms with van der Waals surface area (Å²) in [6, 6.07) is 1.10. The van der Waals surface area contributed by atoms with E-state index in [1.165, 1.54) is 19.3 Å². The second-order valence-corrected chi connectivity index (χ2v) is 6.74. The Balaban J connectivity index is 2.04. The molecule has 0 spiro atoms. The molecule has 2 aliphatic carbocycles. The Morgan fingerprint density at radius 1 is 1.38 bits per heavy atom. The molecule has 16 heavy (non-hydrogen) atoms. The van der Waals surface area contributed by atoms with Crippen molar-refractivity contribution in [1.82, 2.24) is 5.32 Å². The molecule has 2 heteroatoms. The van der Waals surface area contributed by atoms with Gasteiger partial charge in [-0.2, -0.15) is 0 Å². The van der Waals surface area contributed by atoms with Crippen molar-refractivity contribution in [3.05, 3.63) is 0 Å². The normalized spacial score (nSPS) is 42.6. The molecule has 0 saturated heterocycles. The minimum absolute atomic E-state index is 0.296. The molecule has 2 N–H and O–H groups in total. The summed E-state index contributed by atoms with van der Waals surface area (Å²) in [5.74, 6) is 0.899. The molecule has 4 atom stereocenters. The molecule has 2 unspecified atom stereocenters. The van der Waals surface area contributed by atoms with Crippen molar-refractivity contribution < 1.29 is 5.11 Å². The predicted molar refractivity (Wildman–Crippen MR) is 67.3 cm³/mol. The molecule has 0 amide bonds. The molecular weight excluding hydrogens is 198 g/mol. The minimum Gasteiger partial charge on any atom is -0.396 e. The quantitative estimate of drug-likeness (QED) is 0.770. The van der Waals surface area contributed by atoms with E-state index in [0.717, 1.165) is 12.3 Å². The van der Waals surface area contributed by atoms with Crippen molar-refractivity contribution in [1.29, 1.82) is 0 Å². The van der Waals surface area contributed by atoms with Crippen LogP contribution < -0.4 is 5.32 Å². The lowest BCUT2D eigenvalue weighted by Gasteiger charge is -2.40. The second-order valence-electron chi connectivity index (χ2n) is 6.74. The summed E-state index contributed by atoms with van der Waals surface area (Å²) in [6.07, 6.45) is 4.99. The van der Waals surface area contributed by atoms with E-state index >= 15 is 0 Å². The van der Waals surface area contributed by atoms with Gasteiger partial charge in [0.05, 0.1) is 0 Å². The van der Waals surface area contributed by atoms with Gasteiger partial charge in [0.2, 0.25) is 0 Å². The van der Waals surface area contributed by atoms with Gasteiger partial charge in [-0.15, -0.1) is 0 Å². The largest absolute Gasteiger partial charge is 0.396 e. The summed E-state index contributed by atoms with van der Waals surface area (Å²) in [7, 11) is 0. The number of nitrogens with one attached hydrogen (secondary N) is 1. The molecule has 0 aromatic carbocycles. The highest BCUT2D eigenvalue weighted by atomic mass is 16.3. The highest BCUT2D eigenvalue weighted by Crippen LogP contribution is 2.65. The maximum absolute atomic E-state index is 8.97. The van der Waals surface area contributed by atoms with E-state index in [-0.39, 0.29) is 0 Å². The van der Waals surface area contributed by atoms with Gasteiger partial charge < -0.3 is 10.4 Å². The van der Waals surface area contributed by atoms with Crippen LogP contribution in [-0.4, -0.2) is 23.8 Å². The van der Waals surface area contributed by atoms with E-state index in [1.54, 1.807) is 0 Å². The Morgan fingerprint density at radius 3 is 2.50 bits per heavy atom. The minimum atomic E-state index is 0.296. The monoisotopic (exact) mass is 225 g/mol. The van der Waals surface area contributed by atoms with Crippen LogP contribution in [0, 0.1) is 16.7 Å². The lowest BCUT2D eigenvalue weighted by atomic mass is 9.69. The first kappa shape index (κ1) is 12.4. The van der Waals surface area contributed by atoms with Crippen LogP contribution in [0.25, 0.3) is 0 Å². The fourth-order valence-corrected chi connectivity index (χ4v) is 4.08. The SMILES string of the molecule is C[C@H](CCO)NC1CC2CC[C@@]1(C)C2(C)C. The van der Waals surface area contributed by atoms with Gasteiger partial charge >= 0.3 is 0 Å². The van der Waals surface area contributed by atoms with Crippen LogP contribution in [0.3, 0.4) is 0 Å². The van der Waals surface area contributed by atoms with Gasteiger partial charge in [-0.1, -0.05) is 20.8 Å². The van der Waals surface area contributed by atoms with Crippen molar-refractivity contribution in [2.45, 2.75) is 65.5 Å². The molecule has 0 aromatic heterocycles. The molecule has 2 nitrogen and oxygen atoms in total. The van der Waals surface area contributed by atoms with E-state index in [0.29, 0.717) is 29.5 Å². The van der Waals surface area contributed by atoms with Gasteiger partial charge in [-0.05, 0) is 49.4 Å². The Hall–Kier alpha value is -0.0800. The van der Waals surface area contributed by atoms with Crippen LogP contribution >= 0.6 is 0 Å². The van der Waals surface area contributed by atoms with E-state index in [4.69, 9.17) is 5.11 Å². The van der Waals surface area contributed by atoms with Crippen LogP contribution in [0.1, 0.15) is 53.4 Å². The average molecular weight is 225 g/mol. The summed E-state index contributed by atoms with van der Waals surface area (Å²) in [5, 5.41) is 12.7. The van der Waals surface area contributed by atoms with Crippen molar-refractivity contribution in [3.8, 4) is 0 Å². The molecule has 0 aliphatic heterocycles. The van der Waals surface area contributed by atoms with E-state index < -0.39 is 0 Å². The standard InChI is InChI=1S/C14H27NO/c1-10(6-8-16)15-12-9-11-5-7-14(12,4)13(11,2)3/h10-12,15-16H,5-9H2,1-4H3/t10-,11?,12?,14-/m1/s1. The first-order valence-corrected chi connectivity index (χ1v) is 6.78. The Labute approximate surface area is 99.8 Å². The highest BCUT2D eigenvalue weighted by Gasteiger charge is 2.61. The number of rotatable bonds is 4. The van der Waals surface area contributed by atoms with Crippen molar-refractivity contribution >= 4 is 0 Å². The Bertz CT molecular complexity index is 263. The molecule has 2 aliphatic rings. The van der Waals surface area contributed by atoms with Gasteiger partial charge in [0, 0.05) is 18.7 Å². The first-order chi connectivity index (χ1) is 7.41. The Morgan fingerprint density at radius 2 is 2.06 bits per heavy atom. The number of aliphatic hydroxyl groups excluding tert-OH is 1. The zero-order valence-corrected chi connectivity index (χ0v) is 11.2. The van der Waals surface area contributed by atoms with E-state index in [1.807, 2.05) is 0 Å². The molecule has 2 rings (SSSR count). The van der Waals surface area contributed by atoms with E-state index in [2.05, 4.69) is 33.0 Å². The fourth-order valence-electron chi connectivity index (χ4n) is 4.08. The maximum atomic E-state index is 8.97. The number of hydrogen-bond donors (Lipinski definition) is 2. The van der Waals surface area contributed by atoms with E-state index in [9.17, 15) is 0 Å². The van der Waals surface area contributed by atoms with Crippen molar-refractivity contribution in [3.63, 3.8) is 0 Å². The van der Waals surface area contributed by atoms with Gasteiger partial charge in [-0.25, -0.2) is 0 Å². The molecule has 0 radical (unpaired) electrons. The second kappa shape index (κ2) is 3.99. The van der Waals surface area contributed by atoms with Gasteiger partial charge in [-0.3, -0.25) is 0 Å². The highest BCUT2D eigenvalue weighted by molar-refractivity contribution is 5.13. The zero-order valence-electron chi connectivity index (χ0n) is 11.2. The third-order valence-corrected chi connectivity index (χ3v) is 5.84. The first-order valence-electron chi connectivity index (χ1n) is 6.78.